The second-order valence-electron chi connectivity index (χ2n) is 6.13. The molecule has 2 rings (SSSR count). The lowest BCUT2D eigenvalue weighted by Gasteiger charge is -2.38. The van der Waals surface area contributed by atoms with Crippen LogP contribution < -0.4 is 5.32 Å². The first-order valence-electron chi connectivity index (χ1n) is 7.80. The maximum Gasteiger partial charge on any atom is 0.142 e. The van der Waals surface area contributed by atoms with E-state index in [1.807, 2.05) is 6.07 Å². The highest BCUT2D eigenvalue weighted by atomic mass is 35.5. The van der Waals surface area contributed by atoms with E-state index in [1.165, 1.54) is 38.2 Å². The van der Waals surface area contributed by atoms with Crippen molar-refractivity contribution >= 4 is 11.6 Å². The Morgan fingerprint density at radius 1 is 1.25 bits per heavy atom. The van der Waals surface area contributed by atoms with Crippen molar-refractivity contribution in [1.82, 2.24) is 5.32 Å². The largest absolute Gasteiger partial charge is 0.316 e. The molecule has 0 heterocycles. The molecule has 1 aliphatic rings. The minimum atomic E-state index is -0.295. The second-order valence-corrected chi connectivity index (χ2v) is 6.51. The number of hydrogen-bond acceptors (Lipinski definition) is 1. The standard InChI is InChI=1S/C17H25ClFN/c1-2-11-20-13-17(9-4-3-5-10-17)12-14-7-6-8-15(19)16(14)18/h6-8,20H,2-5,9-13H2,1H3. The molecule has 112 valence electrons. The fraction of sp³-hybridized carbons (Fsp3) is 0.647. The van der Waals surface area contributed by atoms with E-state index in [-0.39, 0.29) is 11.2 Å². The van der Waals surface area contributed by atoms with Crippen molar-refractivity contribution in [3.05, 3.63) is 34.6 Å². The molecule has 0 unspecified atom stereocenters. The Morgan fingerprint density at radius 2 is 2.00 bits per heavy atom. The third-order valence-corrected chi connectivity index (χ3v) is 4.86. The minimum Gasteiger partial charge on any atom is -0.316 e. The SMILES string of the molecule is CCCNCC1(Cc2cccc(F)c2Cl)CCCCC1. The van der Waals surface area contributed by atoms with E-state index in [0.717, 1.165) is 31.5 Å². The van der Waals surface area contributed by atoms with E-state index >= 15 is 0 Å². The summed E-state index contributed by atoms with van der Waals surface area (Å²) < 4.78 is 13.6. The van der Waals surface area contributed by atoms with Crippen LogP contribution in [0, 0.1) is 11.2 Å². The van der Waals surface area contributed by atoms with Crippen LogP contribution in [0.15, 0.2) is 18.2 Å². The van der Waals surface area contributed by atoms with Crippen LogP contribution in [0.1, 0.15) is 51.0 Å². The van der Waals surface area contributed by atoms with Crippen LogP contribution in [0.2, 0.25) is 5.02 Å². The number of hydrogen-bond donors (Lipinski definition) is 1. The van der Waals surface area contributed by atoms with E-state index < -0.39 is 0 Å². The molecule has 0 aromatic heterocycles. The number of nitrogens with one attached hydrogen (secondary N) is 1. The molecular weight excluding hydrogens is 273 g/mol. The minimum absolute atomic E-state index is 0.255. The molecule has 1 aromatic rings. The van der Waals surface area contributed by atoms with E-state index in [2.05, 4.69) is 12.2 Å². The summed E-state index contributed by atoms with van der Waals surface area (Å²) >= 11 is 6.14. The highest BCUT2D eigenvalue weighted by Gasteiger charge is 2.32. The maximum atomic E-state index is 13.6. The van der Waals surface area contributed by atoms with Crippen LogP contribution in [0.3, 0.4) is 0 Å². The van der Waals surface area contributed by atoms with Gasteiger partial charge in [0.2, 0.25) is 0 Å². The Bertz CT molecular complexity index is 427. The Balaban J connectivity index is 2.12. The predicted molar refractivity (Wildman–Crippen MR) is 83.8 cm³/mol. The highest BCUT2D eigenvalue weighted by Crippen LogP contribution is 2.40. The van der Waals surface area contributed by atoms with Crippen molar-refractivity contribution in [2.75, 3.05) is 13.1 Å². The third kappa shape index (κ3) is 3.95. The lowest BCUT2D eigenvalue weighted by Crippen LogP contribution is -2.38. The number of rotatable bonds is 6. The van der Waals surface area contributed by atoms with Gasteiger partial charge in [-0.1, -0.05) is 49.9 Å². The summed E-state index contributed by atoms with van der Waals surface area (Å²) in [6.45, 7) is 4.26. The van der Waals surface area contributed by atoms with E-state index in [4.69, 9.17) is 11.6 Å². The zero-order valence-corrected chi connectivity index (χ0v) is 13.1. The molecule has 1 fully saturated rings. The van der Waals surface area contributed by atoms with Gasteiger partial charge in [0, 0.05) is 6.54 Å². The summed E-state index contributed by atoms with van der Waals surface area (Å²) in [6.07, 6.45) is 8.36. The van der Waals surface area contributed by atoms with Gasteiger partial charge in [-0.3, -0.25) is 0 Å². The summed E-state index contributed by atoms with van der Waals surface area (Å²) in [4.78, 5) is 0. The van der Waals surface area contributed by atoms with Crippen molar-refractivity contribution in [2.24, 2.45) is 5.41 Å². The third-order valence-electron chi connectivity index (χ3n) is 4.44. The molecule has 1 aliphatic carbocycles. The van der Waals surface area contributed by atoms with Crippen molar-refractivity contribution in [2.45, 2.75) is 51.9 Å². The normalized spacial score (nSPS) is 18.1. The first kappa shape index (κ1) is 15.8. The van der Waals surface area contributed by atoms with Gasteiger partial charge in [0.1, 0.15) is 5.82 Å². The van der Waals surface area contributed by atoms with Gasteiger partial charge < -0.3 is 5.32 Å². The van der Waals surface area contributed by atoms with E-state index in [9.17, 15) is 4.39 Å². The quantitative estimate of drug-likeness (QED) is 0.731. The lowest BCUT2D eigenvalue weighted by atomic mass is 9.70. The Morgan fingerprint density at radius 3 is 2.70 bits per heavy atom. The van der Waals surface area contributed by atoms with Gasteiger partial charge in [0.15, 0.2) is 0 Å². The van der Waals surface area contributed by atoms with Gasteiger partial charge in [-0.05, 0) is 49.3 Å². The van der Waals surface area contributed by atoms with Gasteiger partial charge in [0.25, 0.3) is 0 Å². The van der Waals surface area contributed by atoms with Crippen LogP contribution in [0.25, 0.3) is 0 Å². The average Bonchev–Trinajstić information content (AvgIpc) is 2.45. The molecule has 0 radical (unpaired) electrons. The summed E-state index contributed by atoms with van der Waals surface area (Å²) in [5.74, 6) is -0.295. The first-order valence-corrected chi connectivity index (χ1v) is 8.18. The molecule has 3 heteroatoms. The molecule has 0 saturated heterocycles. The molecule has 1 saturated carbocycles. The Kier molecular flexibility index (Phi) is 5.86. The van der Waals surface area contributed by atoms with Gasteiger partial charge in [0.05, 0.1) is 5.02 Å². The summed E-state index contributed by atoms with van der Waals surface area (Å²) in [6, 6.07) is 5.18. The molecule has 1 N–H and O–H groups in total. The van der Waals surface area contributed by atoms with Gasteiger partial charge in [-0.2, -0.15) is 0 Å². The van der Waals surface area contributed by atoms with Crippen LogP contribution >= 0.6 is 11.6 Å². The van der Waals surface area contributed by atoms with Crippen LogP contribution in [-0.4, -0.2) is 13.1 Å². The molecule has 0 amide bonds. The van der Waals surface area contributed by atoms with Crippen LogP contribution in [-0.2, 0) is 6.42 Å². The van der Waals surface area contributed by atoms with Crippen molar-refractivity contribution < 1.29 is 4.39 Å². The molecule has 1 nitrogen and oxygen atoms in total. The smallest absolute Gasteiger partial charge is 0.142 e. The molecule has 0 aliphatic heterocycles. The van der Waals surface area contributed by atoms with Crippen LogP contribution in [0.5, 0.6) is 0 Å². The number of halogens is 2. The average molecular weight is 298 g/mol. The topological polar surface area (TPSA) is 12.0 Å². The second kappa shape index (κ2) is 7.42. The summed E-state index contributed by atoms with van der Waals surface area (Å²) in [5.41, 5.74) is 1.22. The van der Waals surface area contributed by atoms with Crippen molar-refractivity contribution in [3.63, 3.8) is 0 Å². The fourth-order valence-electron chi connectivity index (χ4n) is 3.34. The fourth-order valence-corrected chi connectivity index (χ4v) is 3.53. The first-order chi connectivity index (χ1) is 9.67. The summed E-state index contributed by atoms with van der Waals surface area (Å²) in [7, 11) is 0. The van der Waals surface area contributed by atoms with Gasteiger partial charge in [-0.15, -0.1) is 0 Å². The highest BCUT2D eigenvalue weighted by molar-refractivity contribution is 6.31. The van der Waals surface area contributed by atoms with Crippen molar-refractivity contribution in [1.29, 1.82) is 0 Å². The van der Waals surface area contributed by atoms with E-state index in [0.29, 0.717) is 5.02 Å². The van der Waals surface area contributed by atoms with Crippen molar-refractivity contribution in [3.8, 4) is 0 Å². The molecule has 1 aromatic carbocycles. The Labute approximate surface area is 126 Å². The molecule has 0 spiro atoms. The van der Waals surface area contributed by atoms with E-state index in [1.54, 1.807) is 6.07 Å². The Hall–Kier alpha value is -0.600. The summed E-state index contributed by atoms with van der Waals surface area (Å²) in [5, 5.41) is 3.88. The van der Waals surface area contributed by atoms with Gasteiger partial charge in [-0.25, -0.2) is 4.39 Å². The molecule has 20 heavy (non-hydrogen) atoms. The predicted octanol–water partition coefficient (Wildman–Crippen LogP) is 4.97. The lowest BCUT2D eigenvalue weighted by molar-refractivity contribution is 0.181. The zero-order valence-electron chi connectivity index (χ0n) is 12.4. The number of benzene rings is 1. The molecule has 0 bridgehead atoms. The zero-order chi connectivity index (χ0) is 14.4. The maximum absolute atomic E-state index is 13.6. The van der Waals surface area contributed by atoms with Crippen LogP contribution in [0.4, 0.5) is 4.39 Å². The molecule has 0 atom stereocenters. The monoisotopic (exact) mass is 297 g/mol. The van der Waals surface area contributed by atoms with Gasteiger partial charge >= 0.3 is 0 Å². The molecular formula is C17H25ClFN.